The van der Waals surface area contributed by atoms with E-state index >= 15 is 0 Å². The Morgan fingerprint density at radius 2 is 0.974 bits per heavy atom. The third-order valence-corrected chi connectivity index (χ3v) is 7.74. The number of rotatable bonds is 20. The average molecular weight is 567 g/mol. The molecule has 0 saturated carbocycles. The van der Waals surface area contributed by atoms with E-state index in [9.17, 15) is 35.7 Å². The van der Waals surface area contributed by atoms with Crippen LogP contribution in [0.3, 0.4) is 0 Å². The van der Waals surface area contributed by atoms with Gasteiger partial charge >= 0.3 is 0 Å². The molecule has 2 aliphatic heterocycles. The average Bonchev–Trinajstić information content (AvgIpc) is 2.94. The minimum atomic E-state index is -1.69. The number of unbranched alkanes of at least 4 members (excludes halogenated alkanes) is 13. The molecule has 0 amide bonds. The van der Waals surface area contributed by atoms with Crippen molar-refractivity contribution in [3.05, 3.63) is 0 Å². The maximum absolute atomic E-state index is 10.6. The SMILES string of the molecule is CCCCCCCCCCCCCCCCO[C@H]1O[C@H](CO)[C@@H](O[C@H]2O[C@H](CO)[C@@H](O)[C@H](O)[C@H]2O)[C@H](O)[C@H]1O. The van der Waals surface area contributed by atoms with Gasteiger partial charge in [-0.15, -0.1) is 0 Å². The van der Waals surface area contributed by atoms with Gasteiger partial charge in [-0.2, -0.15) is 0 Å². The van der Waals surface area contributed by atoms with E-state index in [2.05, 4.69) is 6.92 Å². The summed E-state index contributed by atoms with van der Waals surface area (Å²) in [6.07, 6.45) is 2.97. The van der Waals surface area contributed by atoms with E-state index < -0.39 is 74.6 Å². The lowest BCUT2D eigenvalue weighted by Crippen LogP contribution is -2.64. The van der Waals surface area contributed by atoms with Crippen LogP contribution in [0.5, 0.6) is 0 Å². The van der Waals surface area contributed by atoms with Crippen LogP contribution in [0.4, 0.5) is 0 Å². The van der Waals surface area contributed by atoms with Gasteiger partial charge in [-0.1, -0.05) is 90.4 Å². The van der Waals surface area contributed by atoms with Crippen LogP contribution in [0.25, 0.3) is 0 Å². The summed E-state index contributed by atoms with van der Waals surface area (Å²) in [6, 6.07) is 0. The Morgan fingerprint density at radius 1 is 0.513 bits per heavy atom. The van der Waals surface area contributed by atoms with Gasteiger partial charge in [0.1, 0.15) is 48.8 Å². The topological polar surface area (TPSA) is 179 Å². The van der Waals surface area contributed by atoms with Gasteiger partial charge < -0.3 is 54.7 Å². The molecule has 7 N–H and O–H groups in total. The Labute approximate surface area is 233 Å². The third kappa shape index (κ3) is 11.4. The summed E-state index contributed by atoms with van der Waals surface area (Å²) in [5.41, 5.74) is 0. The highest BCUT2D eigenvalue weighted by Crippen LogP contribution is 2.29. The van der Waals surface area contributed by atoms with Crippen LogP contribution in [0.1, 0.15) is 96.8 Å². The Morgan fingerprint density at radius 3 is 1.49 bits per heavy atom. The van der Waals surface area contributed by atoms with Crippen molar-refractivity contribution in [2.24, 2.45) is 0 Å². The Hall–Kier alpha value is -0.440. The molecular weight excluding hydrogens is 512 g/mol. The highest BCUT2D eigenvalue weighted by molar-refractivity contribution is 4.94. The highest BCUT2D eigenvalue weighted by Gasteiger charge is 2.50. The second-order valence-corrected chi connectivity index (χ2v) is 11.0. The first-order chi connectivity index (χ1) is 18.8. The van der Waals surface area contributed by atoms with Gasteiger partial charge in [-0.3, -0.25) is 0 Å². The molecule has 11 heteroatoms. The first kappa shape index (κ1) is 34.8. The number of aliphatic hydroxyl groups excluding tert-OH is 7. The van der Waals surface area contributed by atoms with Gasteiger partial charge in [-0.25, -0.2) is 0 Å². The summed E-state index contributed by atoms with van der Waals surface area (Å²) in [6.45, 7) is 1.34. The van der Waals surface area contributed by atoms with Crippen molar-refractivity contribution in [1.29, 1.82) is 0 Å². The van der Waals surface area contributed by atoms with Crippen molar-refractivity contribution in [2.45, 2.75) is 158 Å². The van der Waals surface area contributed by atoms with Crippen LogP contribution in [-0.4, -0.2) is 117 Å². The second-order valence-electron chi connectivity index (χ2n) is 11.0. The molecule has 10 atom stereocenters. The van der Waals surface area contributed by atoms with E-state index in [0.717, 1.165) is 19.3 Å². The minimum absolute atomic E-state index is 0.322. The molecule has 0 unspecified atom stereocenters. The van der Waals surface area contributed by atoms with E-state index in [0.29, 0.717) is 6.61 Å². The van der Waals surface area contributed by atoms with Gasteiger partial charge in [0, 0.05) is 6.61 Å². The molecule has 0 aromatic carbocycles. The zero-order valence-electron chi connectivity index (χ0n) is 23.6. The predicted molar refractivity (Wildman–Crippen MR) is 143 cm³/mol. The van der Waals surface area contributed by atoms with Crippen molar-refractivity contribution < 1.29 is 54.7 Å². The fourth-order valence-electron chi connectivity index (χ4n) is 5.19. The summed E-state index contributed by atoms with van der Waals surface area (Å²) >= 11 is 0. The normalized spacial score (nSPS) is 35.4. The second kappa shape index (κ2) is 19.6. The van der Waals surface area contributed by atoms with E-state index in [1.165, 1.54) is 70.6 Å². The Balaban J connectivity index is 1.62. The van der Waals surface area contributed by atoms with Gasteiger partial charge in [0.15, 0.2) is 12.6 Å². The summed E-state index contributed by atoms with van der Waals surface area (Å²) in [7, 11) is 0. The molecule has 0 spiro atoms. The predicted octanol–water partition coefficient (Wildman–Crippen LogP) is 1.11. The molecule has 0 radical (unpaired) electrons. The zero-order chi connectivity index (χ0) is 28.6. The van der Waals surface area contributed by atoms with Gasteiger partial charge in [0.05, 0.1) is 13.2 Å². The number of hydrogen-bond donors (Lipinski definition) is 7. The summed E-state index contributed by atoms with van der Waals surface area (Å²) in [4.78, 5) is 0. The van der Waals surface area contributed by atoms with Crippen LogP contribution >= 0.6 is 0 Å². The molecule has 0 aliphatic carbocycles. The number of aliphatic hydroxyl groups is 7. The maximum atomic E-state index is 10.6. The highest BCUT2D eigenvalue weighted by atomic mass is 16.7. The van der Waals surface area contributed by atoms with Crippen LogP contribution in [0, 0.1) is 0 Å². The maximum Gasteiger partial charge on any atom is 0.187 e. The molecular formula is C28H54O11. The summed E-state index contributed by atoms with van der Waals surface area (Å²) in [5.74, 6) is 0. The van der Waals surface area contributed by atoms with E-state index in [4.69, 9.17) is 18.9 Å². The minimum Gasteiger partial charge on any atom is -0.394 e. The molecule has 39 heavy (non-hydrogen) atoms. The van der Waals surface area contributed by atoms with Gasteiger partial charge in [-0.05, 0) is 6.42 Å². The lowest BCUT2D eigenvalue weighted by Gasteiger charge is -2.45. The third-order valence-electron chi connectivity index (χ3n) is 7.74. The van der Waals surface area contributed by atoms with Crippen molar-refractivity contribution in [3.63, 3.8) is 0 Å². The van der Waals surface area contributed by atoms with Crippen molar-refractivity contribution in [2.75, 3.05) is 19.8 Å². The fraction of sp³-hybridized carbons (Fsp3) is 1.00. The molecule has 2 heterocycles. The van der Waals surface area contributed by atoms with Crippen LogP contribution in [0.15, 0.2) is 0 Å². The Bertz CT molecular complexity index is 608. The van der Waals surface area contributed by atoms with Crippen molar-refractivity contribution in [3.8, 4) is 0 Å². The Kier molecular flexibility index (Phi) is 17.5. The summed E-state index contributed by atoms with van der Waals surface area (Å²) in [5, 5.41) is 70.4. The molecule has 2 fully saturated rings. The molecule has 2 rings (SSSR count). The fourth-order valence-corrected chi connectivity index (χ4v) is 5.19. The van der Waals surface area contributed by atoms with Crippen LogP contribution in [0.2, 0.25) is 0 Å². The van der Waals surface area contributed by atoms with E-state index in [-0.39, 0.29) is 0 Å². The zero-order valence-corrected chi connectivity index (χ0v) is 23.6. The molecule has 232 valence electrons. The number of ether oxygens (including phenoxy) is 4. The van der Waals surface area contributed by atoms with Crippen molar-refractivity contribution >= 4 is 0 Å². The van der Waals surface area contributed by atoms with Gasteiger partial charge in [0.2, 0.25) is 0 Å². The first-order valence-electron chi connectivity index (χ1n) is 15.1. The van der Waals surface area contributed by atoms with E-state index in [1.54, 1.807) is 0 Å². The monoisotopic (exact) mass is 566 g/mol. The molecule has 2 aliphatic rings. The van der Waals surface area contributed by atoms with Crippen LogP contribution < -0.4 is 0 Å². The lowest BCUT2D eigenvalue weighted by atomic mass is 9.97. The van der Waals surface area contributed by atoms with Crippen LogP contribution in [-0.2, 0) is 18.9 Å². The molecule has 0 bridgehead atoms. The molecule has 2 saturated heterocycles. The molecule has 0 aromatic heterocycles. The standard InChI is InChI=1S/C28H54O11/c1-2-3-4-5-6-7-8-9-10-11-12-13-14-15-16-36-27-25(35)23(33)26(20(18-30)38-27)39-28-24(34)22(32)21(31)19(17-29)37-28/h19-35H,2-18H2,1H3/t19-,20-,21-,22+,23-,24-,25-,26-,27+,28-/m1/s1. The summed E-state index contributed by atoms with van der Waals surface area (Å²) < 4.78 is 22.1. The first-order valence-corrected chi connectivity index (χ1v) is 15.1. The van der Waals surface area contributed by atoms with Crippen molar-refractivity contribution in [1.82, 2.24) is 0 Å². The lowest BCUT2D eigenvalue weighted by molar-refractivity contribution is -0.359. The quantitative estimate of drug-likeness (QED) is 0.105. The molecule has 0 aromatic rings. The molecule has 11 nitrogen and oxygen atoms in total. The number of hydrogen-bond acceptors (Lipinski definition) is 11. The van der Waals surface area contributed by atoms with Gasteiger partial charge in [0.25, 0.3) is 0 Å². The van der Waals surface area contributed by atoms with E-state index in [1.807, 2.05) is 0 Å². The largest absolute Gasteiger partial charge is 0.394 e. The smallest absolute Gasteiger partial charge is 0.187 e.